The molecule has 0 aliphatic heterocycles. The van der Waals surface area contributed by atoms with E-state index in [4.69, 9.17) is 4.74 Å². The zero-order valence-corrected chi connectivity index (χ0v) is 21.3. The van der Waals surface area contributed by atoms with Crippen LogP contribution in [0.4, 0.5) is 13.2 Å². The Balaban J connectivity index is 1.28. The Hall–Kier alpha value is -2.27. The van der Waals surface area contributed by atoms with Crippen molar-refractivity contribution in [3.8, 4) is 5.75 Å². The highest BCUT2D eigenvalue weighted by atomic mass is 19.2. The molecule has 0 bridgehead atoms. The van der Waals surface area contributed by atoms with Gasteiger partial charge in [-0.1, -0.05) is 30.9 Å². The summed E-state index contributed by atoms with van der Waals surface area (Å²) in [6.07, 6.45) is 9.66. The van der Waals surface area contributed by atoms with Crippen LogP contribution in [-0.2, 0) is 6.42 Å². The molecule has 2 saturated carbocycles. The van der Waals surface area contributed by atoms with Gasteiger partial charge in [-0.05, 0) is 118 Å². The quantitative estimate of drug-likeness (QED) is 0.351. The van der Waals surface area contributed by atoms with Crippen LogP contribution in [0, 0.1) is 29.3 Å². The molecule has 0 heterocycles. The van der Waals surface area contributed by atoms with E-state index in [0.717, 1.165) is 63.4 Å². The van der Waals surface area contributed by atoms with Gasteiger partial charge in [0.05, 0.1) is 6.10 Å². The van der Waals surface area contributed by atoms with Crippen LogP contribution in [-0.4, -0.2) is 17.8 Å². The molecule has 5 heteroatoms. The van der Waals surface area contributed by atoms with Crippen molar-refractivity contribution in [3.63, 3.8) is 0 Å². The minimum atomic E-state index is -0.695. The SMILES string of the molecule is C=CCOc1ccc(C2CCC(CCc3ccc(C4CCC(C(C)O)CC4)c(F)c3F)CC2)c(F)c1. The number of rotatable bonds is 9. The lowest BCUT2D eigenvalue weighted by molar-refractivity contribution is 0.0963. The van der Waals surface area contributed by atoms with Gasteiger partial charge >= 0.3 is 0 Å². The van der Waals surface area contributed by atoms with Gasteiger partial charge in [0.15, 0.2) is 11.6 Å². The molecule has 0 aromatic heterocycles. The molecule has 2 aliphatic rings. The van der Waals surface area contributed by atoms with Crippen LogP contribution < -0.4 is 4.74 Å². The first-order chi connectivity index (χ1) is 17.4. The van der Waals surface area contributed by atoms with Gasteiger partial charge in [0.25, 0.3) is 0 Å². The van der Waals surface area contributed by atoms with Gasteiger partial charge in [-0.3, -0.25) is 0 Å². The molecule has 1 unspecified atom stereocenters. The van der Waals surface area contributed by atoms with Crippen molar-refractivity contribution in [1.29, 1.82) is 0 Å². The van der Waals surface area contributed by atoms with Gasteiger partial charge in [0.2, 0.25) is 0 Å². The Morgan fingerprint density at radius 3 is 2.19 bits per heavy atom. The summed E-state index contributed by atoms with van der Waals surface area (Å²) in [6, 6.07) is 8.64. The summed E-state index contributed by atoms with van der Waals surface area (Å²) in [5.41, 5.74) is 1.69. The third kappa shape index (κ3) is 6.34. The fourth-order valence-corrected chi connectivity index (χ4v) is 6.23. The molecule has 36 heavy (non-hydrogen) atoms. The van der Waals surface area contributed by atoms with Gasteiger partial charge in [0.1, 0.15) is 18.2 Å². The molecule has 1 N–H and O–H groups in total. The lowest BCUT2D eigenvalue weighted by atomic mass is 9.76. The molecule has 2 nitrogen and oxygen atoms in total. The first kappa shape index (κ1) is 26.8. The molecule has 1 atom stereocenters. The van der Waals surface area contributed by atoms with E-state index < -0.39 is 11.6 Å². The highest BCUT2D eigenvalue weighted by Gasteiger charge is 2.29. The average Bonchev–Trinajstić information content (AvgIpc) is 2.89. The zero-order chi connectivity index (χ0) is 25.7. The van der Waals surface area contributed by atoms with E-state index in [1.807, 2.05) is 19.1 Å². The van der Waals surface area contributed by atoms with Crippen molar-refractivity contribution in [3.05, 3.63) is 77.1 Å². The van der Waals surface area contributed by atoms with Gasteiger partial charge in [-0.15, -0.1) is 0 Å². The second-order valence-corrected chi connectivity index (χ2v) is 10.8. The lowest BCUT2D eigenvalue weighted by Crippen LogP contribution is -2.23. The number of hydrogen-bond donors (Lipinski definition) is 1. The largest absolute Gasteiger partial charge is 0.489 e. The molecule has 196 valence electrons. The molecule has 0 saturated heterocycles. The second kappa shape index (κ2) is 12.3. The number of aliphatic hydroxyl groups is 1. The molecule has 2 fully saturated rings. The Kier molecular flexibility index (Phi) is 9.16. The molecule has 4 rings (SSSR count). The first-order valence-corrected chi connectivity index (χ1v) is 13.5. The van der Waals surface area contributed by atoms with Crippen LogP contribution in [0.25, 0.3) is 0 Å². The van der Waals surface area contributed by atoms with Crippen molar-refractivity contribution in [2.24, 2.45) is 11.8 Å². The standard InChI is InChI=1S/C31H39F3O2/c1-3-18-36-26-15-17-27(29(32)19-26)23-7-4-21(5-8-23)6-9-25-14-16-28(31(34)30(25)33)24-12-10-22(11-13-24)20(2)35/h3,14-17,19-24,35H,1,4-13,18H2,2H3. The minimum Gasteiger partial charge on any atom is -0.489 e. The molecule has 2 aromatic carbocycles. The van der Waals surface area contributed by atoms with Crippen molar-refractivity contribution >= 4 is 0 Å². The van der Waals surface area contributed by atoms with Crippen molar-refractivity contribution < 1.29 is 23.0 Å². The summed E-state index contributed by atoms with van der Waals surface area (Å²) < 4.78 is 50.0. The number of hydrogen-bond acceptors (Lipinski definition) is 2. The number of halogens is 3. The van der Waals surface area contributed by atoms with Gasteiger partial charge < -0.3 is 9.84 Å². The van der Waals surface area contributed by atoms with Crippen LogP contribution >= 0.6 is 0 Å². The molecule has 0 radical (unpaired) electrons. The summed E-state index contributed by atoms with van der Waals surface area (Å²) >= 11 is 0. The van der Waals surface area contributed by atoms with Crippen LogP contribution in [0.15, 0.2) is 43.0 Å². The van der Waals surface area contributed by atoms with Crippen LogP contribution in [0.3, 0.4) is 0 Å². The lowest BCUT2D eigenvalue weighted by Gasteiger charge is -2.31. The second-order valence-electron chi connectivity index (χ2n) is 10.8. The minimum absolute atomic E-state index is 0.0295. The average molecular weight is 501 g/mol. The summed E-state index contributed by atoms with van der Waals surface area (Å²) in [7, 11) is 0. The number of aryl methyl sites for hydroxylation is 1. The normalized spacial score (nSPS) is 25.4. The van der Waals surface area contributed by atoms with Crippen LogP contribution in [0.1, 0.15) is 93.2 Å². The van der Waals surface area contributed by atoms with E-state index in [-0.39, 0.29) is 29.7 Å². The fourth-order valence-electron chi connectivity index (χ4n) is 6.23. The maximum atomic E-state index is 15.0. The van der Waals surface area contributed by atoms with E-state index in [9.17, 15) is 18.3 Å². The van der Waals surface area contributed by atoms with E-state index in [0.29, 0.717) is 35.8 Å². The van der Waals surface area contributed by atoms with Crippen molar-refractivity contribution in [1.82, 2.24) is 0 Å². The Morgan fingerprint density at radius 2 is 1.56 bits per heavy atom. The Labute approximate surface area is 213 Å². The summed E-state index contributed by atoms with van der Waals surface area (Å²) in [5.74, 6) is -0.177. The van der Waals surface area contributed by atoms with E-state index >= 15 is 0 Å². The van der Waals surface area contributed by atoms with Crippen molar-refractivity contribution in [2.75, 3.05) is 6.61 Å². The molecule has 2 aliphatic carbocycles. The number of ether oxygens (including phenoxy) is 1. The topological polar surface area (TPSA) is 29.5 Å². The van der Waals surface area contributed by atoms with Crippen LogP contribution in [0.5, 0.6) is 5.75 Å². The molecule has 0 spiro atoms. The van der Waals surface area contributed by atoms with Gasteiger partial charge in [0, 0.05) is 6.07 Å². The summed E-state index contributed by atoms with van der Waals surface area (Å²) in [5, 5.41) is 9.80. The summed E-state index contributed by atoms with van der Waals surface area (Å²) in [4.78, 5) is 0. The monoisotopic (exact) mass is 500 g/mol. The Morgan fingerprint density at radius 1 is 0.917 bits per heavy atom. The third-order valence-corrected chi connectivity index (χ3v) is 8.53. The zero-order valence-electron chi connectivity index (χ0n) is 21.3. The maximum Gasteiger partial charge on any atom is 0.162 e. The van der Waals surface area contributed by atoms with Gasteiger partial charge in [-0.2, -0.15) is 0 Å². The molecule has 2 aromatic rings. The van der Waals surface area contributed by atoms with Crippen molar-refractivity contribution in [2.45, 2.75) is 89.1 Å². The van der Waals surface area contributed by atoms with E-state index in [1.165, 1.54) is 6.07 Å². The molecular formula is C31H39F3O2. The highest BCUT2D eigenvalue weighted by molar-refractivity contribution is 5.32. The molecule has 0 amide bonds. The maximum absolute atomic E-state index is 15.0. The first-order valence-electron chi connectivity index (χ1n) is 13.5. The van der Waals surface area contributed by atoms with Gasteiger partial charge in [-0.25, -0.2) is 13.2 Å². The van der Waals surface area contributed by atoms with E-state index in [2.05, 4.69) is 6.58 Å². The highest BCUT2D eigenvalue weighted by Crippen LogP contribution is 2.41. The predicted molar refractivity (Wildman–Crippen MR) is 138 cm³/mol. The fraction of sp³-hybridized carbons (Fsp3) is 0.548. The number of benzene rings is 2. The third-order valence-electron chi connectivity index (χ3n) is 8.53. The summed E-state index contributed by atoms with van der Waals surface area (Å²) in [6.45, 7) is 5.76. The predicted octanol–water partition coefficient (Wildman–Crippen LogP) is 8.23. The Bertz CT molecular complexity index is 1020. The number of aliphatic hydroxyl groups excluding tert-OH is 1. The molecular weight excluding hydrogens is 461 g/mol. The van der Waals surface area contributed by atoms with Crippen LogP contribution in [0.2, 0.25) is 0 Å². The van der Waals surface area contributed by atoms with E-state index in [1.54, 1.807) is 18.2 Å². The smallest absolute Gasteiger partial charge is 0.162 e.